The molecule has 12 heavy (non-hydrogen) atoms. The molecule has 0 rings (SSSR count). The van der Waals surface area contributed by atoms with Crippen LogP contribution in [0.4, 0.5) is 0 Å². The summed E-state index contributed by atoms with van der Waals surface area (Å²) >= 11 is 0. The van der Waals surface area contributed by atoms with E-state index in [-0.39, 0.29) is 0 Å². The zero-order valence-corrected chi connectivity index (χ0v) is 8.77. The van der Waals surface area contributed by atoms with Crippen LogP contribution in [0.1, 0.15) is 52.9 Å². The summed E-state index contributed by atoms with van der Waals surface area (Å²) < 4.78 is 0. The number of allylic oxidation sites excluding steroid dienone is 4. The predicted octanol–water partition coefficient (Wildman–Crippen LogP) is 4.48. The molecule has 0 N–H and O–H groups in total. The van der Waals surface area contributed by atoms with Gasteiger partial charge in [0.05, 0.1) is 0 Å². The summed E-state index contributed by atoms with van der Waals surface area (Å²) in [4.78, 5) is 0. The van der Waals surface area contributed by atoms with Gasteiger partial charge in [-0.05, 0) is 19.3 Å². The molecule has 0 aliphatic carbocycles. The zero-order valence-electron chi connectivity index (χ0n) is 8.77. The van der Waals surface area contributed by atoms with Crippen LogP contribution in [0.5, 0.6) is 0 Å². The zero-order chi connectivity index (χ0) is 9.23. The van der Waals surface area contributed by atoms with Gasteiger partial charge in [-0.15, -0.1) is 0 Å². The summed E-state index contributed by atoms with van der Waals surface area (Å²) in [5, 5.41) is 0. The van der Waals surface area contributed by atoms with Crippen LogP contribution in [0.15, 0.2) is 23.8 Å². The molecule has 0 bridgehead atoms. The molecular formula is C12H22. The fourth-order valence-electron chi connectivity index (χ4n) is 1.09. The Hall–Kier alpha value is -0.520. The molecular weight excluding hydrogens is 144 g/mol. The smallest absolute Gasteiger partial charge is 0.0311 e. The van der Waals surface area contributed by atoms with E-state index >= 15 is 0 Å². The number of hydrogen-bond donors (Lipinski definition) is 0. The van der Waals surface area contributed by atoms with Gasteiger partial charge in [-0.2, -0.15) is 0 Å². The van der Waals surface area contributed by atoms with Crippen molar-refractivity contribution >= 4 is 0 Å². The summed E-state index contributed by atoms with van der Waals surface area (Å²) in [6.07, 6.45) is 13.0. The Balaban J connectivity index is 3.78. The molecule has 0 heterocycles. The summed E-state index contributed by atoms with van der Waals surface area (Å²) in [6, 6.07) is 0. The van der Waals surface area contributed by atoms with E-state index in [1.165, 1.54) is 31.3 Å². The van der Waals surface area contributed by atoms with Crippen LogP contribution in [-0.2, 0) is 0 Å². The molecule has 0 unspecified atom stereocenters. The summed E-state index contributed by atoms with van der Waals surface area (Å²) in [7, 11) is 0. The minimum Gasteiger partial charge on any atom is -0.0845 e. The molecule has 0 radical (unpaired) electrons. The quantitative estimate of drug-likeness (QED) is 0.403. The van der Waals surface area contributed by atoms with E-state index < -0.39 is 0 Å². The average molecular weight is 166 g/mol. The topological polar surface area (TPSA) is 0 Å². The van der Waals surface area contributed by atoms with Crippen molar-refractivity contribution in [2.24, 2.45) is 0 Å². The van der Waals surface area contributed by atoms with Crippen molar-refractivity contribution in [3.63, 3.8) is 0 Å². The van der Waals surface area contributed by atoms with Crippen LogP contribution < -0.4 is 0 Å². The first-order valence-corrected chi connectivity index (χ1v) is 5.20. The van der Waals surface area contributed by atoms with Gasteiger partial charge in [-0.25, -0.2) is 0 Å². The van der Waals surface area contributed by atoms with Crippen LogP contribution in [0.2, 0.25) is 0 Å². The lowest BCUT2D eigenvalue weighted by molar-refractivity contribution is 0.809. The van der Waals surface area contributed by atoms with E-state index in [1.54, 1.807) is 0 Å². The number of unbranched alkanes of at least 4 members (excludes halogenated alkanes) is 2. The maximum atomic E-state index is 2.37. The van der Waals surface area contributed by atoms with E-state index in [0.29, 0.717) is 0 Å². The molecule has 0 atom stereocenters. The number of hydrogen-bond acceptors (Lipinski definition) is 0. The average Bonchev–Trinajstić information content (AvgIpc) is 2.11. The van der Waals surface area contributed by atoms with Gasteiger partial charge in [-0.3, -0.25) is 0 Å². The lowest BCUT2D eigenvalue weighted by Crippen LogP contribution is -1.76. The van der Waals surface area contributed by atoms with E-state index in [4.69, 9.17) is 0 Å². The molecule has 0 saturated heterocycles. The van der Waals surface area contributed by atoms with Gasteiger partial charge in [-0.1, -0.05) is 57.4 Å². The molecule has 0 aliphatic heterocycles. The lowest BCUT2D eigenvalue weighted by Gasteiger charge is -1.96. The molecule has 0 aromatic rings. The van der Waals surface area contributed by atoms with Crippen molar-refractivity contribution in [2.45, 2.75) is 52.9 Å². The molecule has 0 amide bonds. The number of rotatable bonds is 6. The summed E-state index contributed by atoms with van der Waals surface area (Å²) in [6.45, 7) is 6.63. The largest absolute Gasteiger partial charge is 0.0845 e. The normalized spacial score (nSPS) is 12.8. The Labute approximate surface area is 77.4 Å². The van der Waals surface area contributed by atoms with Gasteiger partial charge < -0.3 is 0 Å². The second kappa shape index (κ2) is 8.58. The van der Waals surface area contributed by atoms with Crippen molar-refractivity contribution in [3.05, 3.63) is 23.8 Å². The first-order valence-electron chi connectivity index (χ1n) is 5.20. The van der Waals surface area contributed by atoms with Gasteiger partial charge >= 0.3 is 0 Å². The Morgan fingerprint density at radius 2 is 1.92 bits per heavy atom. The fourth-order valence-corrected chi connectivity index (χ4v) is 1.09. The molecule has 0 heteroatoms. The highest BCUT2D eigenvalue weighted by Crippen LogP contribution is 2.07. The van der Waals surface area contributed by atoms with E-state index in [9.17, 15) is 0 Å². The van der Waals surface area contributed by atoms with Gasteiger partial charge in [0.1, 0.15) is 0 Å². The fraction of sp³-hybridized carbons (Fsp3) is 0.667. The van der Waals surface area contributed by atoms with E-state index in [1.807, 2.05) is 0 Å². The monoisotopic (exact) mass is 166 g/mol. The van der Waals surface area contributed by atoms with Crippen molar-refractivity contribution in [3.8, 4) is 0 Å². The minimum absolute atomic E-state index is 1.14. The molecule has 0 spiro atoms. The first kappa shape index (κ1) is 11.5. The standard InChI is InChI=1S/C12H22/c1-4-7-9-11-12(6-3)10-8-5-2/h8,10-11H,4-7,9H2,1-3H3. The maximum absolute atomic E-state index is 2.37. The predicted molar refractivity (Wildman–Crippen MR) is 57.3 cm³/mol. The lowest BCUT2D eigenvalue weighted by atomic mass is 10.1. The molecule has 0 saturated carbocycles. The van der Waals surface area contributed by atoms with E-state index in [0.717, 1.165) is 6.42 Å². The van der Waals surface area contributed by atoms with Gasteiger partial charge in [0.2, 0.25) is 0 Å². The molecule has 0 nitrogen and oxygen atoms in total. The van der Waals surface area contributed by atoms with Crippen molar-refractivity contribution < 1.29 is 0 Å². The van der Waals surface area contributed by atoms with Crippen LogP contribution in [-0.4, -0.2) is 0 Å². The molecule has 0 aromatic carbocycles. The van der Waals surface area contributed by atoms with Crippen LogP contribution in [0, 0.1) is 0 Å². The maximum Gasteiger partial charge on any atom is -0.0311 e. The highest BCUT2D eigenvalue weighted by atomic mass is 13.9. The first-order chi connectivity index (χ1) is 5.85. The van der Waals surface area contributed by atoms with Gasteiger partial charge in [0.25, 0.3) is 0 Å². The minimum atomic E-state index is 1.14. The van der Waals surface area contributed by atoms with E-state index in [2.05, 4.69) is 39.0 Å². The third-order valence-electron chi connectivity index (χ3n) is 1.94. The van der Waals surface area contributed by atoms with Crippen LogP contribution >= 0.6 is 0 Å². The third-order valence-corrected chi connectivity index (χ3v) is 1.94. The van der Waals surface area contributed by atoms with Crippen molar-refractivity contribution in [2.75, 3.05) is 0 Å². The van der Waals surface area contributed by atoms with Crippen molar-refractivity contribution in [1.29, 1.82) is 0 Å². The summed E-state index contributed by atoms with van der Waals surface area (Å²) in [5.41, 5.74) is 1.49. The Morgan fingerprint density at radius 1 is 1.17 bits per heavy atom. The molecule has 0 aliphatic rings. The third kappa shape index (κ3) is 6.21. The highest BCUT2D eigenvalue weighted by molar-refractivity contribution is 5.17. The van der Waals surface area contributed by atoms with Crippen LogP contribution in [0.3, 0.4) is 0 Å². The SMILES string of the molecule is CCC=CC(=CCCCC)CC. The second-order valence-electron chi connectivity index (χ2n) is 3.09. The Bertz CT molecular complexity index is 140. The Morgan fingerprint density at radius 3 is 2.42 bits per heavy atom. The molecule has 70 valence electrons. The summed E-state index contributed by atoms with van der Waals surface area (Å²) in [5.74, 6) is 0. The van der Waals surface area contributed by atoms with Gasteiger partial charge in [0.15, 0.2) is 0 Å². The van der Waals surface area contributed by atoms with Gasteiger partial charge in [0, 0.05) is 0 Å². The molecule has 0 aromatic heterocycles. The Kier molecular flexibility index (Phi) is 8.20. The second-order valence-corrected chi connectivity index (χ2v) is 3.09. The highest BCUT2D eigenvalue weighted by Gasteiger charge is 1.86. The molecule has 0 fully saturated rings. The van der Waals surface area contributed by atoms with Crippen molar-refractivity contribution in [1.82, 2.24) is 0 Å². The van der Waals surface area contributed by atoms with Crippen LogP contribution in [0.25, 0.3) is 0 Å².